The fourth-order valence-corrected chi connectivity index (χ4v) is 6.96. The molecule has 0 aromatic heterocycles. The Balaban J connectivity index is 4.40. The summed E-state index contributed by atoms with van der Waals surface area (Å²) >= 11 is 0. The molecule has 0 saturated carbocycles. The molecule has 0 amide bonds. The highest BCUT2D eigenvalue weighted by Gasteiger charge is 2.19. The Kier molecular flexibility index (Phi) is 46.4. The van der Waals surface area contributed by atoms with Crippen LogP contribution in [-0.2, 0) is 28.6 Å². The highest BCUT2D eigenvalue weighted by Crippen LogP contribution is 2.15. The smallest absolute Gasteiger partial charge is 0.306 e. The summed E-state index contributed by atoms with van der Waals surface area (Å²) in [5, 5.41) is 0. The first-order chi connectivity index (χ1) is 29.5. The monoisotopic (exact) mass is 839 g/mol. The Morgan fingerprint density at radius 3 is 1.07 bits per heavy atom. The van der Waals surface area contributed by atoms with Crippen LogP contribution in [0.4, 0.5) is 0 Å². The molecule has 0 radical (unpaired) electrons. The fourth-order valence-electron chi connectivity index (χ4n) is 6.96. The number of hydrogen-bond acceptors (Lipinski definition) is 6. The van der Waals surface area contributed by atoms with Crippen molar-refractivity contribution in [3.63, 3.8) is 0 Å². The molecule has 0 spiro atoms. The molecule has 0 aromatic carbocycles. The normalized spacial score (nSPS) is 12.5. The van der Waals surface area contributed by atoms with Crippen molar-refractivity contribution in [2.24, 2.45) is 0 Å². The van der Waals surface area contributed by atoms with E-state index in [1.165, 1.54) is 103 Å². The Hall–Kier alpha value is -2.89. The molecule has 6 heteroatoms. The quantitative estimate of drug-likeness (QED) is 0.0200. The molecule has 0 bridgehead atoms. The molecule has 0 saturated heterocycles. The van der Waals surface area contributed by atoms with Crippen LogP contribution in [0.25, 0.3) is 0 Å². The van der Waals surface area contributed by atoms with Crippen LogP contribution in [0.15, 0.2) is 60.8 Å². The molecule has 0 aliphatic rings. The average Bonchev–Trinajstić information content (AvgIpc) is 3.24. The lowest BCUT2D eigenvalue weighted by atomic mass is 10.0. The van der Waals surface area contributed by atoms with Crippen molar-refractivity contribution < 1.29 is 28.6 Å². The average molecular weight is 839 g/mol. The molecule has 1 unspecified atom stereocenters. The van der Waals surface area contributed by atoms with Crippen LogP contribution in [0, 0.1) is 0 Å². The maximum atomic E-state index is 12.8. The number of hydrogen-bond donors (Lipinski definition) is 0. The third-order valence-corrected chi connectivity index (χ3v) is 10.8. The topological polar surface area (TPSA) is 78.9 Å². The van der Waals surface area contributed by atoms with Crippen LogP contribution in [-0.4, -0.2) is 37.2 Å². The van der Waals surface area contributed by atoms with E-state index in [0.29, 0.717) is 19.3 Å². The van der Waals surface area contributed by atoms with E-state index in [1.54, 1.807) is 0 Å². The van der Waals surface area contributed by atoms with E-state index >= 15 is 0 Å². The minimum Gasteiger partial charge on any atom is -0.462 e. The Morgan fingerprint density at radius 1 is 0.333 bits per heavy atom. The summed E-state index contributed by atoms with van der Waals surface area (Å²) in [5.74, 6) is -0.918. The van der Waals surface area contributed by atoms with Gasteiger partial charge in [-0.1, -0.05) is 223 Å². The Labute approximate surface area is 370 Å². The predicted molar refractivity (Wildman–Crippen MR) is 256 cm³/mol. The predicted octanol–water partition coefficient (Wildman–Crippen LogP) is 16.5. The molecule has 0 aromatic rings. The van der Waals surface area contributed by atoms with Crippen LogP contribution in [0.5, 0.6) is 0 Å². The van der Waals surface area contributed by atoms with Crippen LogP contribution in [0.3, 0.4) is 0 Å². The van der Waals surface area contributed by atoms with Crippen molar-refractivity contribution in [1.82, 2.24) is 0 Å². The molecule has 1 atom stereocenters. The molecule has 0 heterocycles. The molecule has 346 valence electrons. The standard InChI is InChI=1S/C54H94O6/c1-4-7-10-13-16-19-22-24-26-27-28-29-31-32-35-38-41-44-47-53(56)59-50-51(49-58-52(55)46-43-40-37-34-21-18-15-12-9-6-3)60-54(57)48-45-42-39-36-33-30-25-23-20-17-14-11-8-5-2/h15-16,18-19,22,24,26-29,51H,4-14,17,20-21,23,25,30-50H2,1-3H3/b18-15-,19-16-,24-22-,27-26-,29-28-. The summed E-state index contributed by atoms with van der Waals surface area (Å²) in [6.45, 7) is 6.53. The van der Waals surface area contributed by atoms with Crippen molar-refractivity contribution in [3.05, 3.63) is 60.8 Å². The van der Waals surface area contributed by atoms with Crippen molar-refractivity contribution in [1.29, 1.82) is 0 Å². The van der Waals surface area contributed by atoms with E-state index in [4.69, 9.17) is 14.2 Å². The summed E-state index contributed by atoms with van der Waals surface area (Å²) in [6, 6.07) is 0. The molecular formula is C54H94O6. The first-order valence-electron chi connectivity index (χ1n) is 25.3. The van der Waals surface area contributed by atoms with Gasteiger partial charge in [-0.2, -0.15) is 0 Å². The Bertz CT molecular complexity index is 1100. The van der Waals surface area contributed by atoms with E-state index in [0.717, 1.165) is 103 Å². The van der Waals surface area contributed by atoms with Gasteiger partial charge in [-0.05, 0) is 64.2 Å². The summed E-state index contributed by atoms with van der Waals surface area (Å²) in [6.07, 6.45) is 59.1. The maximum Gasteiger partial charge on any atom is 0.306 e. The van der Waals surface area contributed by atoms with Crippen molar-refractivity contribution in [3.8, 4) is 0 Å². The summed E-state index contributed by atoms with van der Waals surface area (Å²) in [4.78, 5) is 37.9. The van der Waals surface area contributed by atoms with E-state index in [1.807, 2.05) is 0 Å². The molecule has 0 aliphatic carbocycles. The zero-order valence-corrected chi connectivity index (χ0v) is 39.5. The Morgan fingerprint density at radius 2 is 0.633 bits per heavy atom. The summed E-state index contributed by atoms with van der Waals surface area (Å²) < 4.78 is 16.7. The number of carbonyl (C=O) groups excluding carboxylic acids is 3. The van der Waals surface area contributed by atoms with Gasteiger partial charge in [-0.3, -0.25) is 14.4 Å². The first kappa shape index (κ1) is 57.1. The highest BCUT2D eigenvalue weighted by molar-refractivity contribution is 5.71. The lowest BCUT2D eigenvalue weighted by molar-refractivity contribution is -0.167. The second-order valence-corrected chi connectivity index (χ2v) is 16.8. The van der Waals surface area contributed by atoms with Gasteiger partial charge in [0.2, 0.25) is 0 Å². The SMILES string of the molecule is CCCC/C=C\CCCCCCC(=O)OCC(COC(=O)CCCCCCC\C=C/C=C\C=C/C=C\CCCCC)OC(=O)CCCCCCCCCCCCCCCC. The van der Waals surface area contributed by atoms with Crippen LogP contribution in [0.1, 0.15) is 245 Å². The fraction of sp³-hybridized carbons (Fsp3) is 0.759. The van der Waals surface area contributed by atoms with Gasteiger partial charge in [0.15, 0.2) is 6.10 Å². The second kappa shape index (κ2) is 48.8. The number of carbonyl (C=O) groups is 3. The maximum absolute atomic E-state index is 12.8. The first-order valence-corrected chi connectivity index (χ1v) is 25.3. The zero-order valence-electron chi connectivity index (χ0n) is 39.5. The molecule has 0 rings (SSSR count). The van der Waals surface area contributed by atoms with Gasteiger partial charge in [0, 0.05) is 19.3 Å². The van der Waals surface area contributed by atoms with Gasteiger partial charge < -0.3 is 14.2 Å². The molecule has 0 fully saturated rings. The van der Waals surface area contributed by atoms with Gasteiger partial charge in [0.25, 0.3) is 0 Å². The number of esters is 3. The lowest BCUT2D eigenvalue weighted by Gasteiger charge is -2.18. The van der Waals surface area contributed by atoms with E-state index in [2.05, 4.69) is 81.5 Å². The van der Waals surface area contributed by atoms with Gasteiger partial charge in [0.1, 0.15) is 13.2 Å². The van der Waals surface area contributed by atoms with Gasteiger partial charge in [0.05, 0.1) is 0 Å². The number of unbranched alkanes of at least 4 members (excludes halogenated alkanes) is 27. The van der Waals surface area contributed by atoms with E-state index in [-0.39, 0.29) is 31.1 Å². The van der Waals surface area contributed by atoms with Gasteiger partial charge in [-0.15, -0.1) is 0 Å². The third kappa shape index (κ3) is 46.2. The number of rotatable bonds is 45. The number of allylic oxidation sites excluding steroid dienone is 10. The minimum atomic E-state index is -0.785. The largest absolute Gasteiger partial charge is 0.462 e. The third-order valence-electron chi connectivity index (χ3n) is 10.8. The number of ether oxygens (including phenoxy) is 3. The summed E-state index contributed by atoms with van der Waals surface area (Å²) in [7, 11) is 0. The van der Waals surface area contributed by atoms with Gasteiger partial charge >= 0.3 is 17.9 Å². The molecule has 60 heavy (non-hydrogen) atoms. The van der Waals surface area contributed by atoms with E-state index in [9.17, 15) is 14.4 Å². The minimum absolute atomic E-state index is 0.0867. The van der Waals surface area contributed by atoms with Crippen LogP contribution >= 0.6 is 0 Å². The van der Waals surface area contributed by atoms with Crippen molar-refractivity contribution in [2.45, 2.75) is 252 Å². The summed E-state index contributed by atoms with van der Waals surface area (Å²) in [5.41, 5.74) is 0. The lowest BCUT2D eigenvalue weighted by Crippen LogP contribution is -2.30. The van der Waals surface area contributed by atoms with Crippen molar-refractivity contribution >= 4 is 17.9 Å². The molecule has 0 N–H and O–H groups in total. The van der Waals surface area contributed by atoms with Gasteiger partial charge in [-0.25, -0.2) is 0 Å². The van der Waals surface area contributed by atoms with E-state index < -0.39 is 6.10 Å². The van der Waals surface area contributed by atoms with Crippen LogP contribution < -0.4 is 0 Å². The molecule has 6 nitrogen and oxygen atoms in total. The second-order valence-electron chi connectivity index (χ2n) is 16.8. The zero-order chi connectivity index (χ0) is 43.7. The highest BCUT2D eigenvalue weighted by atomic mass is 16.6. The molecule has 0 aliphatic heterocycles. The van der Waals surface area contributed by atoms with Crippen molar-refractivity contribution in [2.75, 3.05) is 13.2 Å². The molecular weight excluding hydrogens is 745 g/mol. The van der Waals surface area contributed by atoms with Crippen LogP contribution in [0.2, 0.25) is 0 Å².